The van der Waals surface area contributed by atoms with Gasteiger partial charge in [-0.3, -0.25) is 0 Å². The SMILES string of the molecule is COc1[nH+]nc(C)cc1OCC(F)(F)F. The summed E-state index contributed by atoms with van der Waals surface area (Å²) in [4.78, 5) is 0. The summed E-state index contributed by atoms with van der Waals surface area (Å²) >= 11 is 0. The van der Waals surface area contributed by atoms with E-state index in [1.54, 1.807) is 6.92 Å². The Morgan fingerprint density at radius 1 is 1.47 bits per heavy atom. The van der Waals surface area contributed by atoms with Gasteiger partial charge in [0.25, 0.3) is 0 Å². The van der Waals surface area contributed by atoms with Crippen molar-refractivity contribution >= 4 is 0 Å². The Balaban J connectivity index is 2.79. The van der Waals surface area contributed by atoms with E-state index in [9.17, 15) is 13.2 Å². The molecule has 0 fully saturated rings. The molecule has 0 radical (unpaired) electrons. The van der Waals surface area contributed by atoms with Crippen LogP contribution < -0.4 is 14.6 Å². The van der Waals surface area contributed by atoms with Gasteiger partial charge in [-0.05, 0) is 12.0 Å². The molecule has 0 bridgehead atoms. The lowest BCUT2D eigenvalue weighted by atomic mass is 10.4. The molecule has 1 N–H and O–H groups in total. The van der Waals surface area contributed by atoms with Crippen molar-refractivity contribution in [1.82, 2.24) is 5.10 Å². The zero-order valence-electron chi connectivity index (χ0n) is 8.18. The number of alkyl halides is 3. The number of rotatable bonds is 3. The van der Waals surface area contributed by atoms with Crippen LogP contribution in [0.1, 0.15) is 5.69 Å². The van der Waals surface area contributed by atoms with Gasteiger partial charge < -0.3 is 9.47 Å². The molecule has 0 saturated carbocycles. The van der Waals surface area contributed by atoms with Gasteiger partial charge in [0, 0.05) is 6.07 Å². The smallest absolute Gasteiger partial charge is 0.434 e. The van der Waals surface area contributed by atoms with Crippen LogP contribution in [0.15, 0.2) is 6.07 Å². The molecule has 0 aliphatic heterocycles. The third-order valence-electron chi connectivity index (χ3n) is 1.49. The fourth-order valence-electron chi connectivity index (χ4n) is 0.895. The second kappa shape index (κ2) is 4.33. The lowest BCUT2D eigenvalue weighted by Crippen LogP contribution is -2.22. The molecule has 1 rings (SSSR count). The summed E-state index contributed by atoms with van der Waals surface area (Å²) in [6, 6.07) is 1.36. The molecule has 1 aromatic rings. The molecule has 0 amide bonds. The van der Waals surface area contributed by atoms with Gasteiger partial charge in [-0.25, -0.2) is 0 Å². The maximum Gasteiger partial charge on any atom is 0.434 e. The predicted octanol–water partition coefficient (Wildman–Crippen LogP) is 1.15. The summed E-state index contributed by atoms with van der Waals surface area (Å²) in [5, 5.41) is 6.17. The largest absolute Gasteiger partial charge is 0.475 e. The van der Waals surface area contributed by atoms with Crippen molar-refractivity contribution in [2.45, 2.75) is 13.1 Å². The van der Waals surface area contributed by atoms with Crippen molar-refractivity contribution in [3.63, 3.8) is 0 Å². The Hall–Kier alpha value is -1.53. The van der Waals surface area contributed by atoms with Crippen LogP contribution in [0.4, 0.5) is 13.2 Å². The Kier molecular flexibility index (Phi) is 3.33. The van der Waals surface area contributed by atoms with E-state index in [0.29, 0.717) is 5.69 Å². The number of hydrogen-bond acceptors (Lipinski definition) is 3. The van der Waals surface area contributed by atoms with Crippen LogP contribution in [0.5, 0.6) is 11.6 Å². The highest BCUT2D eigenvalue weighted by Gasteiger charge is 2.30. The van der Waals surface area contributed by atoms with Gasteiger partial charge in [0.1, 0.15) is 5.69 Å². The maximum atomic E-state index is 11.9. The Morgan fingerprint density at radius 2 is 2.13 bits per heavy atom. The molecule has 1 heterocycles. The summed E-state index contributed by atoms with van der Waals surface area (Å²) in [5.41, 5.74) is 0.507. The number of aromatic amines is 1. The minimum Gasteiger partial charge on any atom is -0.475 e. The number of halogens is 3. The topological polar surface area (TPSA) is 45.5 Å². The highest BCUT2D eigenvalue weighted by Crippen LogP contribution is 2.24. The number of methoxy groups -OCH3 is 1. The van der Waals surface area contributed by atoms with E-state index in [4.69, 9.17) is 4.74 Å². The first-order valence-corrected chi connectivity index (χ1v) is 4.05. The van der Waals surface area contributed by atoms with E-state index in [-0.39, 0.29) is 11.6 Å². The minimum absolute atomic E-state index is 0.0117. The third-order valence-corrected chi connectivity index (χ3v) is 1.49. The quantitative estimate of drug-likeness (QED) is 0.772. The molecule has 1 aromatic heterocycles. The number of hydrogen-bond donors (Lipinski definition) is 0. The maximum absolute atomic E-state index is 11.9. The molecule has 0 aromatic carbocycles. The van der Waals surface area contributed by atoms with Crippen LogP contribution in [0, 0.1) is 6.92 Å². The number of nitrogens with zero attached hydrogens (tertiary/aromatic N) is 1. The summed E-state index contributed by atoms with van der Waals surface area (Å²) in [7, 11) is 1.31. The molecule has 0 unspecified atom stereocenters. The highest BCUT2D eigenvalue weighted by atomic mass is 19.4. The lowest BCUT2D eigenvalue weighted by Gasteiger charge is -2.08. The van der Waals surface area contributed by atoms with Gasteiger partial charge in [0.15, 0.2) is 6.61 Å². The Morgan fingerprint density at radius 3 is 2.67 bits per heavy atom. The molecule has 4 nitrogen and oxygen atoms in total. The first-order chi connectivity index (χ1) is 6.92. The van der Waals surface area contributed by atoms with Gasteiger partial charge in [-0.15, -0.1) is 0 Å². The van der Waals surface area contributed by atoms with E-state index in [1.807, 2.05) is 0 Å². The van der Waals surface area contributed by atoms with E-state index >= 15 is 0 Å². The number of aryl methyl sites for hydroxylation is 1. The van der Waals surface area contributed by atoms with Crippen molar-refractivity contribution in [1.29, 1.82) is 0 Å². The predicted molar refractivity (Wildman–Crippen MR) is 43.6 cm³/mol. The molecular formula is C8H10F3N2O2+. The van der Waals surface area contributed by atoms with E-state index in [0.717, 1.165) is 0 Å². The van der Waals surface area contributed by atoms with Crippen LogP contribution in [0.3, 0.4) is 0 Å². The van der Waals surface area contributed by atoms with Crippen molar-refractivity contribution in [3.8, 4) is 11.6 Å². The number of H-pyrrole nitrogens is 1. The molecule has 0 aliphatic carbocycles. The van der Waals surface area contributed by atoms with Crippen LogP contribution in [-0.2, 0) is 0 Å². The Labute approximate surface area is 84.0 Å². The number of ether oxygens (including phenoxy) is 2. The average molecular weight is 223 g/mol. The minimum atomic E-state index is -4.37. The highest BCUT2D eigenvalue weighted by molar-refractivity contribution is 5.29. The summed E-state index contributed by atoms with van der Waals surface area (Å²) in [6.45, 7) is 0.261. The molecule has 0 atom stereocenters. The lowest BCUT2D eigenvalue weighted by molar-refractivity contribution is -0.468. The summed E-state index contributed by atoms with van der Waals surface area (Å²) in [6.07, 6.45) is -4.37. The van der Waals surface area contributed by atoms with Gasteiger partial charge in [0.05, 0.1) is 7.11 Å². The Bertz CT molecular complexity index is 341. The number of nitrogens with one attached hydrogen (secondary N) is 1. The molecule has 0 aliphatic rings. The van der Waals surface area contributed by atoms with Crippen LogP contribution >= 0.6 is 0 Å². The van der Waals surface area contributed by atoms with Crippen LogP contribution in [0.2, 0.25) is 0 Å². The summed E-state index contributed by atoms with van der Waals surface area (Å²) in [5.74, 6) is 0.0483. The van der Waals surface area contributed by atoms with Gasteiger partial charge >= 0.3 is 12.1 Å². The van der Waals surface area contributed by atoms with Crippen molar-refractivity contribution in [2.24, 2.45) is 0 Å². The monoisotopic (exact) mass is 223 g/mol. The van der Waals surface area contributed by atoms with Crippen molar-refractivity contribution in [2.75, 3.05) is 13.7 Å². The van der Waals surface area contributed by atoms with Gasteiger partial charge in [-0.2, -0.15) is 13.2 Å². The molecular weight excluding hydrogens is 213 g/mol. The molecule has 7 heteroatoms. The first-order valence-electron chi connectivity index (χ1n) is 4.05. The van der Waals surface area contributed by atoms with Gasteiger partial charge in [0.2, 0.25) is 5.75 Å². The number of aromatic nitrogens is 2. The van der Waals surface area contributed by atoms with Crippen molar-refractivity contribution < 1.29 is 27.7 Å². The first kappa shape index (κ1) is 11.5. The van der Waals surface area contributed by atoms with E-state index in [2.05, 4.69) is 14.9 Å². The normalized spacial score (nSPS) is 11.3. The second-order valence-corrected chi connectivity index (χ2v) is 2.81. The average Bonchev–Trinajstić information content (AvgIpc) is 2.14. The molecule has 15 heavy (non-hydrogen) atoms. The fraction of sp³-hybridized carbons (Fsp3) is 0.500. The molecule has 0 spiro atoms. The van der Waals surface area contributed by atoms with E-state index < -0.39 is 12.8 Å². The standard InChI is InChI=1S/C8H9F3N2O2/c1-5-3-6(7(14-2)13-12-5)15-4-8(9,10)11/h3H,4H2,1-2H3/p+1. The second-order valence-electron chi connectivity index (χ2n) is 2.81. The zero-order chi connectivity index (χ0) is 11.5. The van der Waals surface area contributed by atoms with E-state index in [1.165, 1.54) is 13.2 Å². The van der Waals surface area contributed by atoms with Gasteiger partial charge in [-0.1, -0.05) is 5.10 Å². The molecule has 84 valence electrons. The summed E-state index contributed by atoms with van der Waals surface area (Å²) < 4.78 is 45.0. The van der Waals surface area contributed by atoms with Crippen LogP contribution in [0.25, 0.3) is 0 Å². The van der Waals surface area contributed by atoms with Crippen LogP contribution in [-0.4, -0.2) is 25.0 Å². The fourth-order valence-corrected chi connectivity index (χ4v) is 0.895. The third kappa shape index (κ3) is 3.61. The van der Waals surface area contributed by atoms with Crippen molar-refractivity contribution in [3.05, 3.63) is 11.8 Å². The zero-order valence-corrected chi connectivity index (χ0v) is 8.18. The molecule has 0 saturated heterocycles.